The van der Waals surface area contributed by atoms with Crippen molar-refractivity contribution < 1.29 is 13.7 Å². The van der Waals surface area contributed by atoms with Crippen molar-refractivity contribution in [1.29, 1.82) is 0 Å². The second-order valence-corrected chi connectivity index (χ2v) is 7.24. The van der Waals surface area contributed by atoms with Crippen LogP contribution in [0, 0.1) is 0 Å². The van der Waals surface area contributed by atoms with Crippen molar-refractivity contribution in [3.63, 3.8) is 0 Å². The summed E-state index contributed by atoms with van der Waals surface area (Å²) in [4.78, 5) is 14.6. The van der Waals surface area contributed by atoms with E-state index in [0.29, 0.717) is 30.2 Å². The molecule has 24 heavy (non-hydrogen) atoms. The van der Waals surface area contributed by atoms with Crippen LogP contribution < -0.4 is 10.1 Å². The minimum Gasteiger partial charge on any atom is -0.497 e. The number of hydrogen-bond acceptors (Lipinski definition) is 4. The van der Waals surface area contributed by atoms with E-state index in [1.54, 1.807) is 12.0 Å². The molecule has 0 saturated carbocycles. The van der Waals surface area contributed by atoms with E-state index in [-0.39, 0.29) is 5.91 Å². The quantitative estimate of drug-likeness (QED) is 0.926. The zero-order valence-electron chi connectivity index (χ0n) is 13.5. The number of carbonyl (C=O) groups excluding carboxylic acids is 1. The van der Waals surface area contributed by atoms with Gasteiger partial charge in [0.25, 0.3) is 5.91 Å². The van der Waals surface area contributed by atoms with Gasteiger partial charge in [-0.2, -0.15) is 0 Å². The Labute approximate surface area is 144 Å². The number of anilines is 2. The van der Waals surface area contributed by atoms with Crippen LogP contribution in [0.25, 0.3) is 0 Å². The van der Waals surface area contributed by atoms with Crippen LogP contribution in [0.4, 0.5) is 11.4 Å². The number of benzene rings is 2. The van der Waals surface area contributed by atoms with Crippen LogP contribution in [0.3, 0.4) is 0 Å². The first-order valence-electron chi connectivity index (χ1n) is 7.82. The third-order valence-electron chi connectivity index (χ3n) is 3.97. The van der Waals surface area contributed by atoms with E-state index in [4.69, 9.17) is 4.74 Å². The van der Waals surface area contributed by atoms with Crippen molar-refractivity contribution in [2.45, 2.75) is 0 Å². The molecule has 6 heteroatoms. The van der Waals surface area contributed by atoms with Crippen molar-refractivity contribution >= 4 is 28.1 Å². The molecule has 0 radical (unpaired) electrons. The molecule has 1 saturated heterocycles. The Morgan fingerprint density at radius 2 is 1.88 bits per heavy atom. The van der Waals surface area contributed by atoms with Gasteiger partial charge in [0.05, 0.1) is 18.4 Å². The van der Waals surface area contributed by atoms with Crippen LogP contribution in [0.15, 0.2) is 48.5 Å². The highest BCUT2D eigenvalue weighted by Gasteiger charge is 2.23. The molecular weight excluding hydrogens is 324 g/mol. The van der Waals surface area contributed by atoms with Gasteiger partial charge in [-0.15, -0.1) is 0 Å². The van der Waals surface area contributed by atoms with E-state index in [0.717, 1.165) is 17.1 Å². The van der Waals surface area contributed by atoms with Gasteiger partial charge in [0.1, 0.15) is 5.75 Å². The molecule has 1 fully saturated rings. The summed E-state index contributed by atoms with van der Waals surface area (Å²) < 4.78 is 16.7. The number of ether oxygens (including phenoxy) is 1. The molecule has 1 aliphatic rings. The molecule has 0 atom stereocenters. The number of hydrogen-bond donors (Lipinski definition) is 1. The minimum absolute atomic E-state index is 0.0299. The van der Waals surface area contributed by atoms with Crippen LogP contribution in [0.1, 0.15) is 10.4 Å². The van der Waals surface area contributed by atoms with E-state index in [9.17, 15) is 9.00 Å². The van der Waals surface area contributed by atoms with Crippen LogP contribution in [0.5, 0.6) is 5.75 Å². The van der Waals surface area contributed by atoms with Gasteiger partial charge in [-0.1, -0.05) is 18.2 Å². The molecule has 1 heterocycles. The predicted molar refractivity (Wildman–Crippen MR) is 96.5 cm³/mol. The van der Waals surface area contributed by atoms with E-state index >= 15 is 0 Å². The summed E-state index contributed by atoms with van der Waals surface area (Å²) in [6, 6.07) is 15.0. The molecule has 0 aliphatic carbocycles. The number of amides is 1. The smallest absolute Gasteiger partial charge is 0.256 e. The van der Waals surface area contributed by atoms with Gasteiger partial charge in [-0.05, 0) is 24.3 Å². The summed E-state index contributed by atoms with van der Waals surface area (Å²) in [5.41, 5.74) is 2.23. The summed E-state index contributed by atoms with van der Waals surface area (Å²) in [7, 11) is 0.824. The average Bonchev–Trinajstić information content (AvgIpc) is 2.62. The van der Waals surface area contributed by atoms with Crippen LogP contribution in [0.2, 0.25) is 0 Å². The Morgan fingerprint density at radius 1 is 1.12 bits per heavy atom. The number of carbonyl (C=O) groups is 1. The summed E-state index contributed by atoms with van der Waals surface area (Å²) in [6.45, 7) is 1.08. The maximum absolute atomic E-state index is 12.8. The third kappa shape index (κ3) is 3.76. The maximum Gasteiger partial charge on any atom is 0.256 e. The number of nitrogens with one attached hydrogen (secondary N) is 1. The summed E-state index contributed by atoms with van der Waals surface area (Å²) in [6.07, 6.45) is 0. The molecule has 1 N–H and O–H groups in total. The first-order chi connectivity index (χ1) is 11.7. The number of rotatable bonds is 4. The Balaban J connectivity index is 1.82. The molecule has 0 bridgehead atoms. The second kappa shape index (κ2) is 7.49. The molecule has 0 spiro atoms. The predicted octanol–water partition coefficient (Wildman–Crippen LogP) is 2.64. The first kappa shape index (κ1) is 16.5. The van der Waals surface area contributed by atoms with Crippen molar-refractivity contribution in [2.75, 3.05) is 37.0 Å². The molecule has 3 rings (SSSR count). The first-order valence-corrected chi connectivity index (χ1v) is 9.30. The van der Waals surface area contributed by atoms with Crippen LogP contribution in [-0.4, -0.2) is 46.7 Å². The SMILES string of the molecule is COc1cccc(Nc2ccccc2C(=O)N2CCS(=O)CC2)c1. The van der Waals surface area contributed by atoms with Gasteiger partial charge in [0, 0.05) is 47.1 Å². The molecule has 0 unspecified atom stereocenters. The highest BCUT2D eigenvalue weighted by Crippen LogP contribution is 2.25. The Hall–Kier alpha value is -2.34. The normalized spacial score (nSPS) is 15.1. The third-order valence-corrected chi connectivity index (χ3v) is 5.25. The fourth-order valence-corrected chi connectivity index (χ4v) is 3.70. The lowest BCUT2D eigenvalue weighted by Crippen LogP contribution is -2.41. The van der Waals surface area contributed by atoms with Crippen molar-refractivity contribution in [1.82, 2.24) is 4.90 Å². The molecule has 1 aliphatic heterocycles. The van der Waals surface area contributed by atoms with Gasteiger partial charge in [0.2, 0.25) is 0 Å². The number of para-hydroxylation sites is 1. The summed E-state index contributed by atoms with van der Waals surface area (Å²) >= 11 is 0. The largest absolute Gasteiger partial charge is 0.497 e. The monoisotopic (exact) mass is 344 g/mol. The average molecular weight is 344 g/mol. The molecule has 126 valence electrons. The van der Waals surface area contributed by atoms with Gasteiger partial charge in [0.15, 0.2) is 0 Å². The van der Waals surface area contributed by atoms with Crippen molar-refractivity contribution in [2.24, 2.45) is 0 Å². The lowest BCUT2D eigenvalue weighted by molar-refractivity contribution is 0.0772. The topological polar surface area (TPSA) is 58.6 Å². The zero-order valence-corrected chi connectivity index (χ0v) is 14.3. The molecule has 5 nitrogen and oxygen atoms in total. The summed E-state index contributed by atoms with van der Waals surface area (Å²) in [5.74, 6) is 1.83. The Kier molecular flexibility index (Phi) is 5.15. The zero-order chi connectivity index (χ0) is 16.9. The van der Waals surface area contributed by atoms with E-state index in [2.05, 4.69) is 5.32 Å². The molecular formula is C18H20N2O3S. The fraction of sp³-hybridized carbons (Fsp3) is 0.278. The van der Waals surface area contributed by atoms with Gasteiger partial charge >= 0.3 is 0 Å². The molecule has 1 amide bonds. The van der Waals surface area contributed by atoms with Gasteiger partial charge in [-0.3, -0.25) is 9.00 Å². The molecule has 2 aromatic carbocycles. The van der Waals surface area contributed by atoms with Gasteiger partial charge < -0.3 is 15.0 Å². The van der Waals surface area contributed by atoms with E-state index < -0.39 is 10.8 Å². The van der Waals surface area contributed by atoms with Crippen molar-refractivity contribution in [3.05, 3.63) is 54.1 Å². The lowest BCUT2D eigenvalue weighted by Gasteiger charge is -2.27. The second-order valence-electron chi connectivity index (χ2n) is 5.54. The number of nitrogens with zero attached hydrogens (tertiary/aromatic N) is 1. The lowest BCUT2D eigenvalue weighted by atomic mass is 10.1. The van der Waals surface area contributed by atoms with Gasteiger partial charge in [-0.25, -0.2) is 0 Å². The Bertz CT molecular complexity index is 753. The van der Waals surface area contributed by atoms with Crippen LogP contribution >= 0.6 is 0 Å². The Morgan fingerprint density at radius 3 is 2.62 bits per heavy atom. The standard InChI is InChI=1S/C18H20N2O3S/c1-23-15-6-4-5-14(13-15)19-17-8-3-2-7-16(17)18(21)20-9-11-24(22)12-10-20/h2-8,13,19H,9-12H2,1H3. The highest BCUT2D eigenvalue weighted by atomic mass is 32.2. The minimum atomic E-state index is -0.798. The van der Waals surface area contributed by atoms with E-state index in [1.165, 1.54) is 0 Å². The van der Waals surface area contributed by atoms with E-state index in [1.807, 2.05) is 48.5 Å². The molecule has 0 aromatic heterocycles. The van der Waals surface area contributed by atoms with Crippen LogP contribution in [-0.2, 0) is 10.8 Å². The molecule has 2 aromatic rings. The maximum atomic E-state index is 12.8. The highest BCUT2D eigenvalue weighted by molar-refractivity contribution is 7.85. The summed E-state index contributed by atoms with van der Waals surface area (Å²) in [5, 5.41) is 3.29. The van der Waals surface area contributed by atoms with Crippen molar-refractivity contribution in [3.8, 4) is 5.75 Å². The fourth-order valence-electron chi connectivity index (χ4n) is 2.65. The number of methoxy groups -OCH3 is 1.